The number of aromatic nitrogens is 1. The van der Waals surface area contributed by atoms with Gasteiger partial charge < -0.3 is 19.6 Å². The van der Waals surface area contributed by atoms with Crippen LogP contribution in [0.4, 0.5) is 0 Å². The van der Waals surface area contributed by atoms with Gasteiger partial charge in [0.05, 0.1) is 23.4 Å². The summed E-state index contributed by atoms with van der Waals surface area (Å²) >= 11 is 0. The van der Waals surface area contributed by atoms with Crippen LogP contribution in [-0.2, 0) is 36.3 Å². The van der Waals surface area contributed by atoms with Gasteiger partial charge in [-0.05, 0) is 73.0 Å². The fourth-order valence-corrected chi connectivity index (χ4v) is 9.20. The lowest BCUT2D eigenvalue weighted by molar-refractivity contribution is -0.199. The van der Waals surface area contributed by atoms with E-state index in [9.17, 15) is 13.2 Å². The maximum atomic E-state index is 14.1. The first kappa shape index (κ1) is 30.4. The number of amides is 1. The normalized spacial score (nSPS) is 27.5. The smallest absolute Gasteiger partial charge is 0.404 e. The maximum Gasteiger partial charge on any atom is 0.481 e. The number of hydrogen-bond donors (Lipinski definition) is 3. The van der Waals surface area contributed by atoms with Crippen LogP contribution in [0.1, 0.15) is 65.0 Å². The van der Waals surface area contributed by atoms with Crippen LogP contribution in [-0.4, -0.2) is 50.1 Å². The van der Waals surface area contributed by atoms with Gasteiger partial charge in [0.2, 0.25) is 15.9 Å². The fourth-order valence-electron chi connectivity index (χ4n) is 7.86. The second kappa shape index (κ2) is 11.4. The highest BCUT2D eigenvalue weighted by atomic mass is 32.2. The monoisotopic (exact) mass is 605 g/mol. The highest BCUT2D eigenvalue weighted by Gasteiger charge is 2.68. The molecule has 4 fully saturated rings. The van der Waals surface area contributed by atoms with E-state index in [0.717, 1.165) is 29.3 Å². The number of carbonyl (C=O) groups excluding carboxylic acids is 1. The van der Waals surface area contributed by atoms with Crippen LogP contribution in [0.3, 0.4) is 0 Å². The Balaban J connectivity index is 1.24. The van der Waals surface area contributed by atoms with Crippen molar-refractivity contribution in [1.29, 1.82) is 0 Å². The van der Waals surface area contributed by atoms with Crippen LogP contribution in [0.2, 0.25) is 0 Å². The molecule has 7 rings (SSSR count). The summed E-state index contributed by atoms with van der Waals surface area (Å²) in [6, 6.07) is 15.8. The van der Waals surface area contributed by atoms with Crippen LogP contribution in [0.5, 0.6) is 0 Å². The van der Waals surface area contributed by atoms with Gasteiger partial charge in [-0.3, -0.25) is 4.79 Å². The molecule has 0 radical (unpaired) electrons. The van der Waals surface area contributed by atoms with Gasteiger partial charge in [-0.2, -0.15) is 0 Å². The lowest BCUT2D eigenvalue weighted by atomic mass is 9.43. The minimum absolute atomic E-state index is 0.00719. The largest absolute Gasteiger partial charge is 0.481 e. The van der Waals surface area contributed by atoms with Crippen molar-refractivity contribution in [2.75, 3.05) is 0 Å². The maximum absolute atomic E-state index is 14.1. The number of carbonyl (C=O) groups is 1. The average molecular weight is 606 g/mol. The number of aromatic amines is 1. The Hall–Kier alpha value is -2.66. The first-order valence-corrected chi connectivity index (χ1v) is 17.2. The van der Waals surface area contributed by atoms with E-state index in [2.05, 4.69) is 49.6 Å². The summed E-state index contributed by atoms with van der Waals surface area (Å²) in [6.45, 7) is 11.0. The molecule has 8 nitrogen and oxygen atoms in total. The summed E-state index contributed by atoms with van der Waals surface area (Å²) in [7, 11) is -4.43. The Bertz CT molecular complexity index is 1580. The van der Waals surface area contributed by atoms with E-state index in [0.29, 0.717) is 23.8 Å². The zero-order valence-electron chi connectivity index (χ0n) is 25.8. The zero-order valence-corrected chi connectivity index (χ0v) is 26.6. The van der Waals surface area contributed by atoms with E-state index in [1.807, 2.05) is 48.7 Å². The van der Waals surface area contributed by atoms with Crippen LogP contribution in [0.15, 0.2) is 60.8 Å². The second-order valence-electron chi connectivity index (χ2n) is 14.1. The molecule has 4 aliphatic rings. The number of fused-ring (bicyclic) bond motifs is 1. The molecule has 3 aliphatic carbocycles. The summed E-state index contributed by atoms with van der Waals surface area (Å²) in [5.41, 5.74) is 2.27. The van der Waals surface area contributed by atoms with E-state index in [1.54, 1.807) is 12.1 Å². The molecule has 3 saturated carbocycles. The summed E-state index contributed by atoms with van der Waals surface area (Å²) in [6.07, 6.45) is 4.79. The van der Waals surface area contributed by atoms with Crippen molar-refractivity contribution < 1.29 is 22.5 Å². The first-order valence-electron chi connectivity index (χ1n) is 15.6. The summed E-state index contributed by atoms with van der Waals surface area (Å²) in [5, 5.41) is 4.15. The highest BCUT2D eigenvalue weighted by molar-refractivity contribution is 7.88. The number of sulfonamides is 1. The van der Waals surface area contributed by atoms with Crippen LogP contribution < -0.4 is 10.0 Å². The Morgan fingerprint density at radius 2 is 1.79 bits per heavy atom. The van der Waals surface area contributed by atoms with Gasteiger partial charge in [0.25, 0.3) is 0 Å². The van der Waals surface area contributed by atoms with E-state index in [1.165, 1.54) is 0 Å². The van der Waals surface area contributed by atoms with Gasteiger partial charge in [-0.1, -0.05) is 76.2 Å². The third-order valence-electron chi connectivity index (χ3n) is 10.3. The van der Waals surface area contributed by atoms with Crippen molar-refractivity contribution >= 4 is 34.0 Å². The molecule has 2 bridgehead atoms. The summed E-state index contributed by atoms with van der Waals surface area (Å²) < 4.78 is 42.8. The molecule has 1 aromatic heterocycles. The van der Waals surface area contributed by atoms with Crippen molar-refractivity contribution in [3.63, 3.8) is 0 Å². The number of rotatable bonds is 11. The molecule has 0 spiro atoms. The quantitative estimate of drug-likeness (QED) is 0.267. The molecule has 3 N–H and O–H groups in total. The molecule has 6 atom stereocenters. The number of H-pyrrole nitrogens is 1. The van der Waals surface area contributed by atoms with E-state index < -0.39 is 34.7 Å². The third kappa shape index (κ3) is 5.91. The Morgan fingerprint density at radius 3 is 2.51 bits per heavy atom. The minimum atomic E-state index is -3.84. The molecule has 3 aromatic rings. The van der Waals surface area contributed by atoms with Gasteiger partial charge in [0, 0.05) is 17.1 Å². The van der Waals surface area contributed by atoms with Gasteiger partial charge >= 0.3 is 7.12 Å². The third-order valence-corrected chi connectivity index (χ3v) is 11.6. The highest BCUT2D eigenvalue weighted by Crippen LogP contribution is 2.65. The molecule has 1 amide bonds. The number of para-hydroxylation sites is 1. The second-order valence-corrected chi connectivity index (χ2v) is 15.8. The number of hydrogen-bond acceptors (Lipinski definition) is 5. The molecule has 43 heavy (non-hydrogen) atoms. The van der Waals surface area contributed by atoms with Crippen molar-refractivity contribution in [3.8, 4) is 0 Å². The van der Waals surface area contributed by atoms with Gasteiger partial charge in [-0.15, -0.1) is 0 Å². The lowest BCUT2D eigenvalue weighted by Gasteiger charge is -2.64. The molecule has 0 unspecified atom stereocenters. The zero-order chi connectivity index (χ0) is 30.6. The van der Waals surface area contributed by atoms with Crippen molar-refractivity contribution in [1.82, 2.24) is 15.0 Å². The van der Waals surface area contributed by atoms with E-state index >= 15 is 0 Å². The number of nitrogens with one attached hydrogen (secondary N) is 3. The molecule has 2 heterocycles. The first-order chi connectivity index (χ1) is 20.4. The van der Waals surface area contributed by atoms with E-state index in [4.69, 9.17) is 9.31 Å². The van der Waals surface area contributed by atoms with Gasteiger partial charge in [-0.25, -0.2) is 13.1 Å². The Kier molecular flexibility index (Phi) is 8.03. The molecule has 2 aromatic carbocycles. The summed E-state index contributed by atoms with van der Waals surface area (Å²) in [5.74, 6) is 0.275. The lowest BCUT2D eigenvalue weighted by Crippen LogP contribution is -2.65. The van der Waals surface area contributed by atoms with Crippen LogP contribution >= 0.6 is 0 Å². The minimum Gasteiger partial charge on any atom is -0.404 e. The Labute approximate surface area is 255 Å². The van der Waals surface area contributed by atoms with Gasteiger partial charge in [0.15, 0.2) is 0 Å². The number of benzene rings is 2. The Morgan fingerprint density at radius 1 is 1.07 bits per heavy atom. The molecule has 230 valence electrons. The molecular weight excluding hydrogens is 561 g/mol. The van der Waals surface area contributed by atoms with Crippen molar-refractivity contribution in [3.05, 3.63) is 71.9 Å². The molecule has 1 aliphatic heterocycles. The molecule has 10 heteroatoms. The standard InChI is InChI=1S/C33H44BN3O5S/c1-21(2)15-30(34-41-29-18-24-17-28(32(24,3)4)33(29,5)42-34)36-31(38)27(16-23-19-35-26-14-10-9-13-25(23)26)37-43(39,40)20-22-11-7-6-8-12-22/h6-14,19,21,24,27-30,35,37H,15-18,20H2,1-5H3,(H,36,38)/t24-,27-,28-,29+,30-,33-/m0/s1. The van der Waals surface area contributed by atoms with Crippen LogP contribution in [0, 0.1) is 23.2 Å². The fraction of sp³-hybridized carbons (Fsp3) is 0.545. The summed E-state index contributed by atoms with van der Waals surface area (Å²) in [4.78, 5) is 17.3. The van der Waals surface area contributed by atoms with E-state index in [-0.39, 0.29) is 35.5 Å². The molecular formula is C33H44BN3O5S. The van der Waals surface area contributed by atoms with Gasteiger partial charge in [0.1, 0.15) is 6.04 Å². The predicted octanol–water partition coefficient (Wildman–Crippen LogP) is 5.00. The SMILES string of the molecule is CC(C)C[C@H](NC(=O)[C@H](Cc1c[nH]c2ccccc12)NS(=O)(=O)Cc1ccccc1)B1O[C@@H]2C[C@@H]3C[C@@H](C3(C)C)[C@]2(C)O1. The van der Waals surface area contributed by atoms with Crippen LogP contribution in [0.25, 0.3) is 10.9 Å². The molecule has 1 saturated heterocycles. The topological polar surface area (TPSA) is 110 Å². The predicted molar refractivity (Wildman–Crippen MR) is 169 cm³/mol. The average Bonchev–Trinajstić information content (AvgIpc) is 3.52. The van der Waals surface area contributed by atoms with Crippen molar-refractivity contribution in [2.45, 2.75) is 89.7 Å². The van der Waals surface area contributed by atoms with Crippen molar-refractivity contribution in [2.24, 2.45) is 23.2 Å².